The first-order chi connectivity index (χ1) is 16.3. The maximum Gasteiger partial charge on any atom is 0.233 e. The summed E-state index contributed by atoms with van der Waals surface area (Å²) in [6.45, 7) is 2.29. The van der Waals surface area contributed by atoms with Crippen molar-refractivity contribution in [1.82, 2.24) is 0 Å². The lowest BCUT2D eigenvalue weighted by molar-refractivity contribution is -0.118. The van der Waals surface area contributed by atoms with Crippen molar-refractivity contribution in [3.05, 3.63) is 82.4 Å². The first-order valence-corrected chi connectivity index (χ1v) is 11.2. The van der Waals surface area contributed by atoms with Gasteiger partial charge < -0.3 is 10.2 Å². The zero-order valence-electron chi connectivity index (χ0n) is 18.7. The van der Waals surface area contributed by atoms with E-state index in [4.69, 9.17) is 0 Å². The first-order valence-electron chi connectivity index (χ1n) is 11.2. The lowest BCUT2D eigenvalue weighted by atomic mass is 9.60. The van der Waals surface area contributed by atoms with Crippen LogP contribution < -0.4 is 0 Å². The normalized spacial score (nSPS) is 20.2. The van der Waals surface area contributed by atoms with Crippen LogP contribution in [0.4, 0.5) is 0 Å². The second-order valence-electron chi connectivity index (χ2n) is 9.02. The number of carbonyl (C=O) groups is 3. The van der Waals surface area contributed by atoms with E-state index < -0.39 is 17.0 Å². The van der Waals surface area contributed by atoms with Crippen molar-refractivity contribution in [1.29, 1.82) is 0 Å². The van der Waals surface area contributed by atoms with E-state index in [-0.39, 0.29) is 40.4 Å². The van der Waals surface area contributed by atoms with Gasteiger partial charge in [-0.25, -0.2) is 0 Å². The van der Waals surface area contributed by atoms with E-state index in [9.17, 15) is 24.6 Å². The van der Waals surface area contributed by atoms with Crippen LogP contribution in [0.15, 0.2) is 70.7 Å². The van der Waals surface area contributed by atoms with E-state index in [1.807, 2.05) is 37.3 Å². The van der Waals surface area contributed by atoms with Gasteiger partial charge >= 0.3 is 0 Å². The third-order valence-electron chi connectivity index (χ3n) is 6.95. The molecular formula is C28H23NO5. The van der Waals surface area contributed by atoms with Crippen molar-refractivity contribution in [2.45, 2.75) is 31.6 Å². The number of allylic oxidation sites excluding steroid dienone is 2. The van der Waals surface area contributed by atoms with Crippen molar-refractivity contribution in [2.75, 3.05) is 6.54 Å². The summed E-state index contributed by atoms with van der Waals surface area (Å²) < 4.78 is 0. The Morgan fingerprint density at radius 3 is 2.32 bits per heavy atom. The molecule has 170 valence electrons. The zero-order valence-corrected chi connectivity index (χ0v) is 18.7. The molecule has 2 N–H and O–H groups in total. The lowest BCUT2D eigenvalue weighted by Gasteiger charge is -2.40. The molecule has 2 aliphatic carbocycles. The fourth-order valence-electron chi connectivity index (χ4n) is 5.07. The van der Waals surface area contributed by atoms with Gasteiger partial charge in [-0.3, -0.25) is 19.4 Å². The molecule has 0 bridgehead atoms. The lowest BCUT2D eigenvalue weighted by Crippen LogP contribution is -2.44. The number of hydrogen-bond acceptors (Lipinski definition) is 6. The van der Waals surface area contributed by atoms with E-state index >= 15 is 0 Å². The highest BCUT2D eigenvalue weighted by Gasteiger charge is 2.49. The second-order valence-corrected chi connectivity index (χ2v) is 9.02. The molecule has 3 aromatic carbocycles. The van der Waals surface area contributed by atoms with Crippen LogP contribution in [0.3, 0.4) is 0 Å². The number of aromatic hydroxyl groups is 2. The molecule has 2 aliphatic rings. The molecule has 0 aliphatic heterocycles. The number of benzene rings is 3. The summed E-state index contributed by atoms with van der Waals surface area (Å²) in [5, 5.41) is 21.3. The number of fused-ring (bicyclic) bond motifs is 4. The van der Waals surface area contributed by atoms with Gasteiger partial charge in [-0.1, -0.05) is 37.3 Å². The maximum absolute atomic E-state index is 13.3. The average Bonchev–Trinajstić information content (AvgIpc) is 2.84. The third-order valence-corrected chi connectivity index (χ3v) is 6.95. The highest BCUT2D eigenvalue weighted by molar-refractivity contribution is 6.53. The van der Waals surface area contributed by atoms with Crippen LogP contribution in [0.2, 0.25) is 0 Å². The van der Waals surface area contributed by atoms with Crippen molar-refractivity contribution in [2.24, 2.45) is 4.99 Å². The molecule has 0 amide bonds. The summed E-state index contributed by atoms with van der Waals surface area (Å²) in [7, 11) is 0. The number of carbonyl (C=O) groups excluding carboxylic acids is 3. The molecule has 0 saturated heterocycles. The Balaban J connectivity index is 1.62. The Morgan fingerprint density at radius 2 is 1.62 bits per heavy atom. The highest BCUT2D eigenvalue weighted by Crippen LogP contribution is 2.49. The number of phenolic OH excluding ortho intramolecular Hbond substituents is 2. The molecule has 34 heavy (non-hydrogen) atoms. The Morgan fingerprint density at radius 1 is 0.941 bits per heavy atom. The largest absolute Gasteiger partial charge is 0.507 e. The Hall–Kier alpha value is -4.06. The number of nitrogens with zero attached hydrogens (tertiary/aromatic N) is 1. The quantitative estimate of drug-likeness (QED) is 0.349. The predicted molar refractivity (Wildman–Crippen MR) is 129 cm³/mol. The van der Waals surface area contributed by atoms with Crippen molar-refractivity contribution in [3.8, 4) is 11.5 Å². The molecular weight excluding hydrogens is 430 g/mol. The maximum atomic E-state index is 13.3. The third kappa shape index (κ3) is 3.34. The second kappa shape index (κ2) is 8.06. The van der Waals surface area contributed by atoms with Crippen LogP contribution in [-0.4, -0.2) is 40.3 Å². The zero-order chi connectivity index (χ0) is 24.0. The summed E-state index contributed by atoms with van der Waals surface area (Å²) in [5.41, 5.74) is 1.35. The minimum atomic E-state index is -0.888. The van der Waals surface area contributed by atoms with Gasteiger partial charge in [0, 0.05) is 52.1 Å². The topological polar surface area (TPSA) is 104 Å². The Kier molecular flexibility index (Phi) is 5.16. The van der Waals surface area contributed by atoms with Crippen LogP contribution in [-0.2, 0) is 21.4 Å². The molecule has 6 nitrogen and oxygen atoms in total. The van der Waals surface area contributed by atoms with Crippen LogP contribution in [0.1, 0.15) is 41.3 Å². The Bertz CT molecular complexity index is 1430. The van der Waals surface area contributed by atoms with E-state index in [0.29, 0.717) is 35.7 Å². The van der Waals surface area contributed by atoms with Crippen LogP contribution in [0, 0.1) is 0 Å². The summed E-state index contributed by atoms with van der Waals surface area (Å²) in [4.78, 5) is 43.7. The number of phenols is 2. The van der Waals surface area contributed by atoms with Crippen LogP contribution in [0.25, 0.3) is 10.8 Å². The van der Waals surface area contributed by atoms with E-state index in [2.05, 4.69) is 4.99 Å². The fraction of sp³-hybridized carbons (Fsp3) is 0.214. The van der Waals surface area contributed by atoms with Gasteiger partial charge in [0.25, 0.3) is 0 Å². The van der Waals surface area contributed by atoms with Gasteiger partial charge in [0.1, 0.15) is 11.5 Å². The molecule has 0 heterocycles. The summed E-state index contributed by atoms with van der Waals surface area (Å²) in [5.74, 6) is -1.78. The summed E-state index contributed by atoms with van der Waals surface area (Å²) in [6, 6.07) is 15.7. The molecule has 0 unspecified atom stereocenters. The van der Waals surface area contributed by atoms with Gasteiger partial charge in [-0.05, 0) is 48.2 Å². The molecule has 0 spiro atoms. The molecule has 3 aromatic rings. The highest BCUT2D eigenvalue weighted by atomic mass is 16.3. The number of hydrogen-bond donors (Lipinski definition) is 2. The molecule has 0 radical (unpaired) electrons. The monoisotopic (exact) mass is 453 g/mol. The molecule has 0 aromatic heterocycles. The van der Waals surface area contributed by atoms with Gasteiger partial charge in [-0.2, -0.15) is 0 Å². The van der Waals surface area contributed by atoms with Crippen molar-refractivity contribution >= 4 is 34.3 Å². The average molecular weight is 453 g/mol. The standard InChI is InChI=1S/C28H23NO5/c1-28-11-9-24(32)20(15-29-12-10-16-5-3-2-4-6-16)25(28)27(34)26(33)19-13-17-18(14-21(19)28)23(31)8-7-22(17)30/h2-8,13-15,30-31H,9-12H2,1H3/t28-/m0/s1. The van der Waals surface area contributed by atoms with Crippen molar-refractivity contribution in [3.63, 3.8) is 0 Å². The van der Waals surface area contributed by atoms with E-state index in [1.165, 1.54) is 24.4 Å². The number of aliphatic imine (C=N–C) groups is 1. The number of Topliss-reactive ketones (excluding diaryl/α,β-unsaturated/α-hetero) is 3. The smallest absolute Gasteiger partial charge is 0.233 e. The minimum Gasteiger partial charge on any atom is -0.507 e. The van der Waals surface area contributed by atoms with Crippen LogP contribution in [0.5, 0.6) is 11.5 Å². The van der Waals surface area contributed by atoms with E-state index in [1.54, 1.807) is 6.07 Å². The van der Waals surface area contributed by atoms with Gasteiger partial charge in [0.2, 0.25) is 11.6 Å². The Labute approximate surface area is 196 Å². The molecule has 5 rings (SSSR count). The van der Waals surface area contributed by atoms with Crippen molar-refractivity contribution < 1.29 is 24.6 Å². The van der Waals surface area contributed by atoms with E-state index in [0.717, 1.165) is 5.56 Å². The number of rotatable bonds is 4. The van der Waals surface area contributed by atoms with Gasteiger partial charge in [0.15, 0.2) is 5.78 Å². The molecule has 1 atom stereocenters. The van der Waals surface area contributed by atoms with Gasteiger partial charge in [0.05, 0.1) is 0 Å². The van der Waals surface area contributed by atoms with Gasteiger partial charge in [-0.15, -0.1) is 0 Å². The molecule has 6 heteroatoms. The fourth-order valence-corrected chi connectivity index (χ4v) is 5.07. The minimum absolute atomic E-state index is 0.0383. The summed E-state index contributed by atoms with van der Waals surface area (Å²) >= 11 is 0. The first kappa shape index (κ1) is 21.8. The summed E-state index contributed by atoms with van der Waals surface area (Å²) in [6.07, 6.45) is 2.71. The van der Waals surface area contributed by atoms with Crippen LogP contribution >= 0.6 is 0 Å². The SMILES string of the molecule is C[C@@]12CCC(=O)C(C=NCCc3ccccc3)=C1C(=O)C(=O)c1cc3c(O)ccc(O)c3cc12. The molecule has 0 saturated carbocycles. The number of ketones is 3. The predicted octanol–water partition coefficient (Wildman–Crippen LogP) is 4.25. The molecule has 0 fully saturated rings.